The molecule has 0 radical (unpaired) electrons. The SMILES string of the molecule is CC(C)C(=O)Nc1ccc(Cl)cc1NN=C(C#N)C#N. The second-order valence-electron chi connectivity index (χ2n) is 4.13. The minimum atomic E-state index is -0.328. The van der Waals surface area contributed by atoms with Crippen molar-refractivity contribution in [1.29, 1.82) is 10.5 Å². The van der Waals surface area contributed by atoms with E-state index in [4.69, 9.17) is 22.1 Å². The Hall–Kier alpha value is -2.57. The Kier molecular flexibility index (Phi) is 5.52. The molecule has 0 aliphatic carbocycles. The van der Waals surface area contributed by atoms with Crippen molar-refractivity contribution in [2.75, 3.05) is 10.7 Å². The fraction of sp³-hybridized carbons (Fsp3) is 0.231. The van der Waals surface area contributed by atoms with E-state index in [2.05, 4.69) is 15.8 Å². The summed E-state index contributed by atoms with van der Waals surface area (Å²) < 4.78 is 0. The van der Waals surface area contributed by atoms with Crippen LogP contribution in [0.1, 0.15) is 13.8 Å². The molecule has 1 aromatic rings. The Morgan fingerprint density at radius 3 is 2.50 bits per heavy atom. The van der Waals surface area contributed by atoms with Crippen LogP contribution in [-0.2, 0) is 4.79 Å². The van der Waals surface area contributed by atoms with E-state index in [1.807, 2.05) is 0 Å². The molecular formula is C13H12ClN5O. The van der Waals surface area contributed by atoms with E-state index < -0.39 is 0 Å². The lowest BCUT2D eigenvalue weighted by atomic mass is 10.2. The lowest BCUT2D eigenvalue weighted by molar-refractivity contribution is -0.118. The highest BCUT2D eigenvalue weighted by Crippen LogP contribution is 2.26. The molecule has 1 amide bonds. The molecule has 0 saturated carbocycles. The Morgan fingerprint density at radius 1 is 1.30 bits per heavy atom. The van der Waals surface area contributed by atoms with E-state index in [9.17, 15) is 4.79 Å². The van der Waals surface area contributed by atoms with Crippen molar-refractivity contribution in [3.63, 3.8) is 0 Å². The van der Waals surface area contributed by atoms with Gasteiger partial charge in [-0.15, -0.1) is 0 Å². The maximum atomic E-state index is 11.7. The molecule has 0 aliphatic rings. The van der Waals surface area contributed by atoms with E-state index in [-0.39, 0.29) is 17.5 Å². The minimum Gasteiger partial charge on any atom is -0.324 e. The van der Waals surface area contributed by atoms with E-state index >= 15 is 0 Å². The predicted octanol–water partition coefficient (Wildman–Crippen LogP) is 2.75. The average molecular weight is 290 g/mol. The number of benzene rings is 1. The van der Waals surface area contributed by atoms with Crippen molar-refractivity contribution in [2.45, 2.75) is 13.8 Å². The summed E-state index contributed by atoms with van der Waals surface area (Å²) in [6, 6.07) is 8.00. The number of carbonyl (C=O) groups excluding carboxylic acids is 1. The van der Waals surface area contributed by atoms with Crippen molar-refractivity contribution in [2.24, 2.45) is 11.0 Å². The first kappa shape index (κ1) is 15.5. The summed E-state index contributed by atoms with van der Waals surface area (Å²) in [4.78, 5) is 11.7. The number of amides is 1. The van der Waals surface area contributed by atoms with Gasteiger partial charge in [0.25, 0.3) is 0 Å². The number of hydrogen-bond acceptors (Lipinski definition) is 5. The zero-order valence-electron chi connectivity index (χ0n) is 10.9. The van der Waals surface area contributed by atoms with Crippen LogP contribution in [0.4, 0.5) is 11.4 Å². The van der Waals surface area contributed by atoms with Crippen LogP contribution in [0.2, 0.25) is 5.02 Å². The monoisotopic (exact) mass is 289 g/mol. The molecule has 0 spiro atoms. The number of carbonyl (C=O) groups is 1. The van der Waals surface area contributed by atoms with Crippen molar-refractivity contribution < 1.29 is 4.79 Å². The molecule has 6 nitrogen and oxygen atoms in total. The highest BCUT2D eigenvalue weighted by Gasteiger charge is 2.10. The smallest absolute Gasteiger partial charge is 0.237 e. The van der Waals surface area contributed by atoms with Gasteiger partial charge in [0.15, 0.2) is 0 Å². The van der Waals surface area contributed by atoms with Gasteiger partial charge in [-0.1, -0.05) is 25.4 Å². The quantitative estimate of drug-likeness (QED) is 0.657. The first-order valence-electron chi connectivity index (χ1n) is 5.72. The summed E-state index contributed by atoms with van der Waals surface area (Å²) in [7, 11) is 0. The molecule has 0 aromatic heterocycles. The van der Waals surface area contributed by atoms with Gasteiger partial charge in [0.2, 0.25) is 11.6 Å². The first-order chi connectivity index (χ1) is 9.47. The van der Waals surface area contributed by atoms with Crippen molar-refractivity contribution in [1.82, 2.24) is 0 Å². The number of rotatable bonds is 4. The molecule has 7 heteroatoms. The topological polar surface area (TPSA) is 101 Å². The van der Waals surface area contributed by atoms with Gasteiger partial charge < -0.3 is 5.32 Å². The second-order valence-corrected chi connectivity index (χ2v) is 4.57. The van der Waals surface area contributed by atoms with Crippen LogP contribution in [0, 0.1) is 28.6 Å². The number of nitrogens with zero attached hydrogens (tertiary/aromatic N) is 3. The van der Waals surface area contributed by atoms with E-state index in [0.29, 0.717) is 16.4 Å². The number of hydrogen-bond donors (Lipinski definition) is 2. The first-order valence-corrected chi connectivity index (χ1v) is 6.10. The molecule has 0 bridgehead atoms. The van der Waals surface area contributed by atoms with Crippen molar-refractivity contribution in [3.05, 3.63) is 23.2 Å². The van der Waals surface area contributed by atoms with E-state index in [1.165, 1.54) is 6.07 Å². The molecule has 1 aromatic carbocycles. The van der Waals surface area contributed by atoms with Crippen LogP contribution >= 0.6 is 11.6 Å². The van der Waals surface area contributed by atoms with Crippen molar-refractivity contribution in [3.8, 4) is 12.1 Å². The average Bonchev–Trinajstić information content (AvgIpc) is 2.42. The van der Waals surface area contributed by atoms with Gasteiger partial charge in [0, 0.05) is 10.9 Å². The fourth-order valence-corrected chi connectivity index (χ4v) is 1.36. The minimum absolute atomic E-state index is 0.167. The van der Waals surface area contributed by atoms with Crippen molar-refractivity contribution >= 4 is 34.6 Å². The number of halogens is 1. The molecular weight excluding hydrogens is 278 g/mol. The van der Waals surface area contributed by atoms with E-state index in [1.54, 1.807) is 38.1 Å². The van der Waals surface area contributed by atoms with E-state index in [0.717, 1.165) is 0 Å². The molecule has 0 saturated heterocycles. The van der Waals surface area contributed by atoms with Gasteiger partial charge >= 0.3 is 0 Å². The molecule has 1 rings (SSSR count). The molecule has 2 N–H and O–H groups in total. The van der Waals surface area contributed by atoms with Gasteiger partial charge in [-0.05, 0) is 18.2 Å². The van der Waals surface area contributed by atoms with Gasteiger partial charge in [0.1, 0.15) is 12.1 Å². The molecule has 0 atom stereocenters. The normalized spacial score (nSPS) is 9.30. The third-order valence-corrected chi connectivity index (χ3v) is 2.50. The Labute approximate surface area is 121 Å². The Bertz CT molecular complexity index is 609. The van der Waals surface area contributed by atoms with Gasteiger partial charge in [-0.2, -0.15) is 15.6 Å². The third-order valence-electron chi connectivity index (χ3n) is 2.26. The summed E-state index contributed by atoms with van der Waals surface area (Å²) >= 11 is 5.87. The number of nitriles is 2. The van der Waals surface area contributed by atoms with Crippen LogP contribution in [-0.4, -0.2) is 11.6 Å². The highest BCUT2D eigenvalue weighted by atomic mass is 35.5. The fourth-order valence-electron chi connectivity index (χ4n) is 1.19. The zero-order valence-corrected chi connectivity index (χ0v) is 11.7. The van der Waals surface area contributed by atoms with Crippen LogP contribution in [0.25, 0.3) is 0 Å². The Balaban J connectivity index is 3.03. The third kappa shape index (κ3) is 4.27. The zero-order chi connectivity index (χ0) is 15.1. The van der Waals surface area contributed by atoms with Gasteiger partial charge in [-0.3, -0.25) is 10.2 Å². The largest absolute Gasteiger partial charge is 0.324 e. The maximum absolute atomic E-state index is 11.7. The molecule has 0 unspecified atom stereocenters. The lowest BCUT2D eigenvalue weighted by Gasteiger charge is -2.12. The van der Waals surface area contributed by atoms with Crippen LogP contribution < -0.4 is 10.7 Å². The molecule has 0 fully saturated rings. The number of nitrogens with one attached hydrogen (secondary N) is 2. The number of hydrazone groups is 1. The van der Waals surface area contributed by atoms with Crippen LogP contribution in [0.3, 0.4) is 0 Å². The second kappa shape index (κ2) is 7.13. The molecule has 0 aliphatic heterocycles. The van der Waals surface area contributed by atoms with Crippen LogP contribution in [0.15, 0.2) is 23.3 Å². The Morgan fingerprint density at radius 2 is 1.95 bits per heavy atom. The standard InChI is InChI=1S/C13H12ClN5O/c1-8(2)13(20)17-11-4-3-9(14)5-12(11)19-18-10(6-15)7-16/h3-5,8,19H,1-2H3,(H,17,20). The summed E-state index contributed by atoms with van der Waals surface area (Å²) in [6.07, 6.45) is 0. The van der Waals surface area contributed by atoms with Crippen LogP contribution in [0.5, 0.6) is 0 Å². The van der Waals surface area contributed by atoms with Gasteiger partial charge in [0.05, 0.1) is 11.4 Å². The summed E-state index contributed by atoms with van der Waals surface area (Å²) in [6.45, 7) is 3.53. The maximum Gasteiger partial charge on any atom is 0.237 e. The number of anilines is 2. The highest BCUT2D eigenvalue weighted by molar-refractivity contribution is 6.31. The lowest BCUT2D eigenvalue weighted by Crippen LogP contribution is -2.18. The molecule has 0 heterocycles. The summed E-state index contributed by atoms with van der Waals surface area (Å²) in [5.41, 5.74) is 3.08. The van der Waals surface area contributed by atoms with Gasteiger partial charge in [-0.25, -0.2) is 0 Å². The molecule has 102 valence electrons. The molecule has 20 heavy (non-hydrogen) atoms. The summed E-state index contributed by atoms with van der Waals surface area (Å²) in [5.74, 6) is -0.351. The predicted molar refractivity (Wildman–Crippen MR) is 77.2 cm³/mol. The summed E-state index contributed by atoms with van der Waals surface area (Å²) in [5, 5.41) is 24.0.